The number of rotatable bonds is 5. The first-order valence-corrected chi connectivity index (χ1v) is 6.62. The molecular weight excluding hydrogens is 222 g/mol. The van der Waals surface area contributed by atoms with Crippen molar-refractivity contribution in [2.75, 3.05) is 13.2 Å². The van der Waals surface area contributed by atoms with Crippen molar-refractivity contribution in [1.82, 2.24) is 10.3 Å². The quantitative estimate of drug-likeness (QED) is 0.811. The lowest BCUT2D eigenvalue weighted by Crippen LogP contribution is -2.33. The van der Waals surface area contributed by atoms with Crippen molar-refractivity contribution in [3.8, 4) is 0 Å². The molecule has 2 atom stereocenters. The summed E-state index contributed by atoms with van der Waals surface area (Å²) in [6.45, 7) is 5.38. The summed E-state index contributed by atoms with van der Waals surface area (Å²) in [5.41, 5.74) is 6.62. The van der Waals surface area contributed by atoms with Gasteiger partial charge in [-0.2, -0.15) is 0 Å². The second kappa shape index (κ2) is 5.72. The Labute approximate surface area is 100 Å². The Bertz CT molecular complexity index is 323. The van der Waals surface area contributed by atoms with E-state index in [9.17, 15) is 0 Å². The van der Waals surface area contributed by atoms with Crippen molar-refractivity contribution in [2.45, 2.75) is 32.5 Å². The van der Waals surface area contributed by atoms with Crippen molar-refractivity contribution in [3.05, 3.63) is 16.1 Å². The van der Waals surface area contributed by atoms with Crippen LogP contribution in [-0.2, 0) is 17.8 Å². The molecule has 0 radical (unpaired) electrons. The van der Waals surface area contributed by atoms with Crippen molar-refractivity contribution in [3.63, 3.8) is 0 Å². The number of nitrogens with one attached hydrogen (secondary N) is 1. The van der Waals surface area contributed by atoms with E-state index >= 15 is 0 Å². The van der Waals surface area contributed by atoms with Crippen molar-refractivity contribution in [1.29, 1.82) is 0 Å². The standard InChI is InChI=1S/C11H19N3OS/c1-8(9-2-3-15-6-9)13-5-10-7-16-11(4-12)14-10/h7-9,13H,2-6,12H2,1H3. The third-order valence-electron chi connectivity index (χ3n) is 3.05. The Morgan fingerprint density at radius 3 is 3.25 bits per heavy atom. The van der Waals surface area contributed by atoms with Crippen LogP contribution in [-0.4, -0.2) is 24.2 Å². The first kappa shape index (κ1) is 12.0. The van der Waals surface area contributed by atoms with Gasteiger partial charge in [0.2, 0.25) is 0 Å². The van der Waals surface area contributed by atoms with Crippen molar-refractivity contribution in [2.24, 2.45) is 11.7 Å². The molecule has 5 heteroatoms. The van der Waals surface area contributed by atoms with Crippen molar-refractivity contribution >= 4 is 11.3 Å². The van der Waals surface area contributed by atoms with Crippen LogP contribution in [0, 0.1) is 5.92 Å². The van der Waals surface area contributed by atoms with Crippen LogP contribution in [0.4, 0.5) is 0 Å². The Morgan fingerprint density at radius 2 is 2.62 bits per heavy atom. The average Bonchev–Trinajstić information content (AvgIpc) is 2.96. The second-order valence-corrected chi connectivity index (χ2v) is 5.17. The highest BCUT2D eigenvalue weighted by atomic mass is 32.1. The third-order valence-corrected chi connectivity index (χ3v) is 3.97. The molecule has 0 spiro atoms. The Balaban J connectivity index is 1.77. The summed E-state index contributed by atoms with van der Waals surface area (Å²) in [6.07, 6.45) is 1.17. The third kappa shape index (κ3) is 3.01. The molecule has 0 aromatic carbocycles. The fourth-order valence-corrected chi connectivity index (χ4v) is 2.58. The Kier molecular flexibility index (Phi) is 4.29. The predicted molar refractivity (Wildman–Crippen MR) is 65.2 cm³/mol. The van der Waals surface area contributed by atoms with E-state index in [1.54, 1.807) is 11.3 Å². The lowest BCUT2D eigenvalue weighted by Gasteiger charge is -2.18. The fraction of sp³-hybridized carbons (Fsp3) is 0.727. The smallest absolute Gasteiger partial charge is 0.106 e. The van der Waals surface area contributed by atoms with Gasteiger partial charge in [-0.25, -0.2) is 4.98 Å². The summed E-state index contributed by atoms with van der Waals surface area (Å²) in [6, 6.07) is 0.491. The molecule has 1 saturated heterocycles. The first-order valence-electron chi connectivity index (χ1n) is 5.74. The largest absolute Gasteiger partial charge is 0.381 e. The lowest BCUT2D eigenvalue weighted by atomic mass is 10.0. The topological polar surface area (TPSA) is 60.2 Å². The van der Waals surface area contributed by atoms with Gasteiger partial charge < -0.3 is 15.8 Å². The summed E-state index contributed by atoms with van der Waals surface area (Å²) < 4.78 is 5.38. The van der Waals surface area contributed by atoms with Gasteiger partial charge in [0.1, 0.15) is 5.01 Å². The van der Waals surface area contributed by atoms with Gasteiger partial charge in [-0.3, -0.25) is 0 Å². The molecule has 3 N–H and O–H groups in total. The van der Waals surface area contributed by atoms with E-state index in [2.05, 4.69) is 22.6 Å². The van der Waals surface area contributed by atoms with E-state index in [4.69, 9.17) is 10.5 Å². The maximum Gasteiger partial charge on any atom is 0.106 e. The predicted octanol–water partition coefficient (Wildman–Crippen LogP) is 1.12. The molecule has 1 aliphatic rings. The SMILES string of the molecule is CC(NCc1csc(CN)n1)C1CCOC1. The van der Waals surface area contributed by atoms with Gasteiger partial charge in [-0.15, -0.1) is 11.3 Å². The summed E-state index contributed by atoms with van der Waals surface area (Å²) in [5.74, 6) is 0.646. The number of hydrogen-bond acceptors (Lipinski definition) is 5. The number of ether oxygens (including phenoxy) is 1. The molecule has 0 aliphatic carbocycles. The van der Waals surface area contributed by atoms with Crippen molar-refractivity contribution < 1.29 is 4.74 Å². The van der Waals surface area contributed by atoms with E-state index in [-0.39, 0.29) is 0 Å². The second-order valence-electron chi connectivity index (χ2n) is 4.23. The van der Waals surface area contributed by atoms with Crippen LogP contribution in [0.15, 0.2) is 5.38 Å². The zero-order valence-corrected chi connectivity index (χ0v) is 10.4. The summed E-state index contributed by atoms with van der Waals surface area (Å²) in [7, 11) is 0. The Hall–Kier alpha value is -0.490. The molecule has 0 amide bonds. The number of nitrogens with two attached hydrogens (primary N) is 1. The maximum absolute atomic E-state index is 5.53. The van der Waals surface area contributed by atoms with E-state index in [1.165, 1.54) is 6.42 Å². The highest BCUT2D eigenvalue weighted by Gasteiger charge is 2.21. The van der Waals surface area contributed by atoms with Crippen LogP contribution in [0.5, 0.6) is 0 Å². The van der Waals surface area contributed by atoms with Gasteiger partial charge in [0.15, 0.2) is 0 Å². The summed E-state index contributed by atoms with van der Waals surface area (Å²) in [4.78, 5) is 4.43. The minimum atomic E-state index is 0.491. The number of thiazole rings is 1. The van der Waals surface area contributed by atoms with Crippen LogP contribution in [0.2, 0.25) is 0 Å². The molecule has 1 fully saturated rings. The molecule has 1 aliphatic heterocycles. The van der Waals surface area contributed by atoms with Gasteiger partial charge in [-0.05, 0) is 19.3 Å². The molecule has 2 heterocycles. The number of nitrogens with zero attached hydrogens (tertiary/aromatic N) is 1. The average molecular weight is 241 g/mol. The van der Waals surface area contributed by atoms with E-state index < -0.39 is 0 Å². The molecule has 2 unspecified atom stereocenters. The normalized spacial score (nSPS) is 22.5. The van der Waals surface area contributed by atoms with Crippen LogP contribution >= 0.6 is 11.3 Å². The molecule has 1 aromatic heterocycles. The molecule has 0 bridgehead atoms. The number of aromatic nitrogens is 1. The molecular formula is C11H19N3OS. The molecule has 90 valence electrons. The minimum absolute atomic E-state index is 0.491. The van der Waals surface area contributed by atoms with E-state index in [0.29, 0.717) is 18.5 Å². The van der Waals surface area contributed by atoms with Crippen LogP contribution in [0.25, 0.3) is 0 Å². The Morgan fingerprint density at radius 1 is 1.75 bits per heavy atom. The highest BCUT2D eigenvalue weighted by Crippen LogP contribution is 2.17. The van der Waals surface area contributed by atoms with Gasteiger partial charge in [0.25, 0.3) is 0 Å². The lowest BCUT2D eigenvalue weighted by molar-refractivity contribution is 0.178. The molecule has 0 saturated carbocycles. The monoisotopic (exact) mass is 241 g/mol. The molecule has 16 heavy (non-hydrogen) atoms. The van der Waals surface area contributed by atoms with Gasteiger partial charge in [-0.1, -0.05) is 0 Å². The highest BCUT2D eigenvalue weighted by molar-refractivity contribution is 7.09. The maximum atomic E-state index is 5.53. The summed E-state index contributed by atoms with van der Waals surface area (Å²) in [5, 5.41) is 6.59. The van der Waals surface area contributed by atoms with E-state index in [1.807, 2.05) is 0 Å². The van der Waals surface area contributed by atoms with Crippen LogP contribution in [0.1, 0.15) is 24.0 Å². The zero-order chi connectivity index (χ0) is 11.4. The molecule has 4 nitrogen and oxygen atoms in total. The molecule has 2 rings (SSSR count). The minimum Gasteiger partial charge on any atom is -0.381 e. The van der Waals surface area contributed by atoms with E-state index in [0.717, 1.165) is 30.5 Å². The van der Waals surface area contributed by atoms with Crippen LogP contribution < -0.4 is 11.1 Å². The van der Waals surface area contributed by atoms with Crippen LogP contribution in [0.3, 0.4) is 0 Å². The zero-order valence-electron chi connectivity index (χ0n) is 9.61. The van der Waals surface area contributed by atoms with Gasteiger partial charge in [0.05, 0.1) is 12.3 Å². The fourth-order valence-electron chi connectivity index (χ4n) is 1.90. The van der Waals surface area contributed by atoms with Gasteiger partial charge >= 0.3 is 0 Å². The summed E-state index contributed by atoms with van der Waals surface area (Å²) >= 11 is 1.63. The first-order chi connectivity index (χ1) is 7.79. The van der Waals surface area contributed by atoms with Gasteiger partial charge in [0, 0.05) is 31.1 Å². The number of hydrogen-bond donors (Lipinski definition) is 2. The molecule has 1 aromatic rings.